The zero-order valence-corrected chi connectivity index (χ0v) is 16.3. The molecular weight excluding hydrogens is 376 g/mol. The lowest BCUT2D eigenvalue weighted by molar-refractivity contribution is -0.117. The van der Waals surface area contributed by atoms with Crippen LogP contribution in [0.4, 0.5) is 5.69 Å². The molecule has 1 aliphatic rings. The van der Waals surface area contributed by atoms with Gasteiger partial charge in [-0.2, -0.15) is 4.98 Å². The van der Waals surface area contributed by atoms with Crippen molar-refractivity contribution in [2.24, 2.45) is 0 Å². The van der Waals surface area contributed by atoms with Crippen LogP contribution in [-0.2, 0) is 4.79 Å². The summed E-state index contributed by atoms with van der Waals surface area (Å²) in [5.74, 6) is 2.05. The van der Waals surface area contributed by atoms with Gasteiger partial charge in [-0.3, -0.25) is 9.78 Å². The summed E-state index contributed by atoms with van der Waals surface area (Å²) in [6.45, 7) is 0.409. The molecule has 1 saturated heterocycles. The molecule has 150 valence electrons. The number of methoxy groups -OCH3 is 3. The van der Waals surface area contributed by atoms with Crippen LogP contribution in [0, 0.1) is 0 Å². The summed E-state index contributed by atoms with van der Waals surface area (Å²) in [5.41, 5.74) is 1.41. The number of hydrogen-bond acceptors (Lipinski definition) is 8. The summed E-state index contributed by atoms with van der Waals surface area (Å²) in [6.07, 6.45) is 3.61. The van der Waals surface area contributed by atoms with Crippen LogP contribution >= 0.6 is 0 Å². The van der Waals surface area contributed by atoms with Crippen molar-refractivity contribution in [1.29, 1.82) is 0 Å². The summed E-state index contributed by atoms with van der Waals surface area (Å²) in [7, 11) is 4.61. The molecule has 1 atom stereocenters. The fourth-order valence-electron chi connectivity index (χ4n) is 3.36. The minimum Gasteiger partial charge on any atom is -0.493 e. The Bertz CT molecular complexity index is 996. The molecule has 3 heterocycles. The number of carbonyl (C=O) groups excluding carboxylic acids is 1. The summed E-state index contributed by atoms with van der Waals surface area (Å²) >= 11 is 0. The van der Waals surface area contributed by atoms with Crippen molar-refractivity contribution >= 4 is 11.6 Å². The van der Waals surface area contributed by atoms with Gasteiger partial charge in [0.2, 0.25) is 23.4 Å². The van der Waals surface area contributed by atoms with Crippen LogP contribution in [-0.4, -0.2) is 48.9 Å². The Morgan fingerprint density at radius 1 is 1.14 bits per heavy atom. The van der Waals surface area contributed by atoms with Gasteiger partial charge in [0, 0.05) is 43.1 Å². The first kappa shape index (κ1) is 18.7. The largest absolute Gasteiger partial charge is 0.493 e. The third-order valence-electron chi connectivity index (χ3n) is 4.80. The first-order valence-electron chi connectivity index (χ1n) is 8.99. The van der Waals surface area contributed by atoms with E-state index in [1.165, 1.54) is 21.3 Å². The van der Waals surface area contributed by atoms with Crippen molar-refractivity contribution in [1.82, 2.24) is 15.1 Å². The maximum absolute atomic E-state index is 12.7. The lowest BCUT2D eigenvalue weighted by Gasteiger charge is -2.20. The highest BCUT2D eigenvalue weighted by Crippen LogP contribution is 2.43. The van der Waals surface area contributed by atoms with Crippen molar-refractivity contribution in [3.05, 3.63) is 42.5 Å². The SMILES string of the molecule is COc1cc(N2CC(c3nc(-c4cccnc4)no3)CC2=O)cc(OC)c1OC. The number of nitrogens with zero attached hydrogens (tertiary/aromatic N) is 4. The molecule has 9 nitrogen and oxygen atoms in total. The Morgan fingerprint density at radius 3 is 2.52 bits per heavy atom. The summed E-state index contributed by atoms with van der Waals surface area (Å²) in [4.78, 5) is 22.9. The number of hydrogen-bond donors (Lipinski definition) is 0. The minimum atomic E-state index is -0.209. The number of amides is 1. The highest BCUT2D eigenvalue weighted by atomic mass is 16.5. The first-order chi connectivity index (χ1) is 14.1. The summed E-state index contributed by atoms with van der Waals surface area (Å²) < 4.78 is 21.5. The average molecular weight is 396 g/mol. The van der Waals surface area contributed by atoms with Crippen molar-refractivity contribution in [3.8, 4) is 28.6 Å². The maximum atomic E-state index is 12.7. The van der Waals surface area contributed by atoms with E-state index >= 15 is 0 Å². The van der Waals surface area contributed by atoms with E-state index in [9.17, 15) is 4.79 Å². The highest BCUT2D eigenvalue weighted by Gasteiger charge is 2.36. The number of pyridine rings is 1. The van der Waals surface area contributed by atoms with Crippen LogP contribution in [0.2, 0.25) is 0 Å². The van der Waals surface area contributed by atoms with Crippen LogP contribution in [0.1, 0.15) is 18.2 Å². The molecule has 0 radical (unpaired) electrons. The van der Waals surface area contributed by atoms with E-state index in [0.717, 1.165) is 5.56 Å². The minimum absolute atomic E-state index is 0.0506. The highest BCUT2D eigenvalue weighted by molar-refractivity contribution is 5.97. The van der Waals surface area contributed by atoms with E-state index < -0.39 is 0 Å². The Hall–Kier alpha value is -3.62. The Morgan fingerprint density at radius 2 is 1.90 bits per heavy atom. The molecule has 0 aliphatic carbocycles. The van der Waals surface area contributed by atoms with Gasteiger partial charge >= 0.3 is 0 Å². The molecular formula is C20H20N4O5. The van der Waals surface area contributed by atoms with Crippen LogP contribution < -0.4 is 19.1 Å². The van der Waals surface area contributed by atoms with E-state index in [1.807, 2.05) is 6.07 Å². The Kier molecular flexibility index (Phi) is 5.03. The average Bonchev–Trinajstić information content (AvgIpc) is 3.40. The molecule has 3 aromatic rings. The van der Waals surface area contributed by atoms with Crippen molar-refractivity contribution in [3.63, 3.8) is 0 Å². The second-order valence-electron chi connectivity index (χ2n) is 6.49. The number of ether oxygens (including phenoxy) is 3. The van der Waals surface area contributed by atoms with Gasteiger partial charge in [-0.05, 0) is 12.1 Å². The molecule has 9 heteroatoms. The summed E-state index contributed by atoms with van der Waals surface area (Å²) in [5, 5.41) is 4.02. The van der Waals surface area contributed by atoms with E-state index in [-0.39, 0.29) is 18.2 Å². The molecule has 1 aromatic carbocycles. The molecule has 1 amide bonds. The Balaban J connectivity index is 1.60. The van der Waals surface area contributed by atoms with Crippen LogP contribution in [0.5, 0.6) is 17.2 Å². The number of carbonyl (C=O) groups is 1. The molecule has 1 aliphatic heterocycles. The predicted octanol–water partition coefficient (Wildman–Crippen LogP) is 2.68. The quantitative estimate of drug-likeness (QED) is 0.627. The number of rotatable bonds is 6. The van der Waals surface area contributed by atoms with Gasteiger partial charge in [0.1, 0.15) is 0 Å². The van der Waals surface area contributed by atoms with E-state index in [1.54, 1.807) is 35.5 Å². The fraction of sp³-hybridized carbons (Fsp3) is 0.300. The fourth-order valence-corrected chi connectivity index (χ4v) is 3.36. The molecule has 2 aromatic heterocycles. The molecule has 1 fully saturated rings. The van der Waals surface area contributed by atoms with Gasteiger partial charge < -0.3 is 23.6 Å². The van der Waals surface area contributed by atoms with Gasteiger partial charge in [0.15, 0.2) is 11.5 Å². The first-order valence-corrected chi connectivity index (χ1v) is 8.99. The summed E-state index contributed by atoms with van der Waals surface area (Å²) in [6, 6.07) is 7.15. The zero-order chi connectivity index (χ0) is 20.4. The second-order valence-corrected chi connectivity index (χ2v) is 6.49. The third kappa shape index (κ3) is 3.46. The van der Waals surface area contributed by atoms with Crippen molar-refractivity contribution in [2.45, 2.75) is 12.3 Å². The van der Waals surface area contributed by atoms with Crippen LogP contribution in [0.15, 0.2) is 41.2 Å². The zero-order valence-electron chi connectivity index (χ0n) is 16.3. The predicted molar refractivity (Wildman–Crippen MR) is 103 cm³/mol. The molecule has 0 spiro atoms. The standard InChI is InChI=1S/C20H20N4O5/c1-26-15-8-14(9-16(27-2)18(15)28-3)24-11-13(7-17(24)25)20-22-19(23-29-20)12-5-4-6-21-10-12/h4-6,8-10,13H,7,11H2,1-3H3. The maximum Gasteiger partial charge on any atom is 0.232 e. The molecule has 1 unspecified atom stereocenters. The molecule has 29 heavy (non-hydrogen) atoms. The van der Waals surface area contributed by atoms with E-state index in [2.05, 4.69) is 15.1 Å². The second kappa shape index (κ2) is 7.78. The molecule has 0 saturated carbocycles. The topological polar surface area (TPSA) is 99.8 Å². The molecule has 0 N–H and O–H groups in total. The smallest absolute Gasteiger partial charge is 0.232 e. The number of benzene rings is 1. The Labute approximate surface area is 167 Å². The molecule has 0 bridgehead atoms. The van der Waals surface area contributed by atoms with Gasteiger partial charge in [-0.15, -0.1) is 0 Å². The third-order valence-corrected chi connectivity index (χ3v) is 4.80. The van der Waals surface area contributed by atoms with Crippen molar-refractivity contribution in [2.75, 3.05) is 32.8 Å². The van der Waals surface area contributed by atoms with Gasteiger partial charge in [-0.1, -0.05) is 5.16 Å². The lowest BCUT2D eigenvalue weighted by atomic mass is 10.1. The molecule has 4 rings (SSSR count). The van der Waals surface area contributed by atoms with Crippen LogP contribution in [0.3, 0.4) is 0 Å². The van der Waals surface area contributed by atoms with Gasteiger partial charge in [0.25, 0.3) is 0 Å². The van der Waals surface area contributed by atoms with E-state index in [4.69, 9.17) is 18.7 Å². The number of aromatic nitrogens is 3. The van der Waals surface area contributed by atoms with Gasteiger partial charge in [0.05, 0.1) is 32.9 Å². The normalized spacial score (nSPS) is 16.2. The van der Waals surface area contributed by atoms with Gasteiger partial charge in [-0.25, -0.2) is 0 Å². The van der Waals surface area contributed by atoms with E-state index in [0.29, 0.717) is 41.2 Å². The van der Waals surface area contributed by atoms with Crippen LogP contribution in [0.25, 0.3) is 11.4 Å². The number of anilines is 1. The monoisotopic (exact) mass is 396 g/mol. The van der Waals surface area contributed by atoms with Crippen molar-refractivity contribution < 1.29 is 23.5 Å². The lowest BCUT2D eigenvalue weighted by Crippen LogP contribution is -2.24.